The first-order valence-corrected chi connectivity index (χ1v) is 3.66. The van der Waals surface area contributed by atoms with Crippen LogP contribution in [0.15, 0.2) is 29.0 Å². The van der Waals surface area contributed by atoms with Crippen molar-refractivity contribution in [2.24, 2.45) is 0 Å². The molecule has 2 aromatic rings. The fraction of sp³-hybridized carbons (Fsp3) is 0.111. The van der Waals surface area contributed by atoms with Crippen LogP contribution in [0.4, 0.5) is 0 Å². The van der Waals surface area contributed by atoms with Crippen LogP contribution in [-0.2, 0) is 11.2 Å². The average Bonchev–Trinajstić information content (AvgIpc) is 2.51. The van der Waals surface area contributed by atoms with E-state index in [4.69, 9.17) is 4.42 Å². The highest BCUT2D eigenvalue weighted by Crippen LogP contribution is 2.13. The van der Waals surface area contributed by atoms with Gasteiger partial charge in [-0.2, -0.15) is 0 Å². The molecule has 0 atom stereocenters. The summed E-state index contributed by atoms with van der Waals surface area (Å²) >= 11 is 0. The molecule has 3 nitrogen and oxygen atoms in total. The molecule has 0 saturated heterocycles. The summed E-state index contributed by atoms with van der Waals surface area (Å²) in [4.78, 5) is 14.2. The molecule has 0 N–H and O–H groups in total. The van der Waals surface area contributed by atoms with E-state index in [0.29, 0.717) is 6.42 Å². The first-order chi connectivity index (χ1) is 5.90. The second-order valence-corrected chi connectivity index (χ2v) is 2.53. The lowest BCUT2D eigenvalue weighted by Crippen LogP contribution is -1.84. The quantitative estimate of drug-likeness (QED) is 0.628. The third-order valence-corrected chi connectivity index (χ3v) is 1.71. The number of aromatic nitrogens is 1. The highest BCUT2D eigenvalue weighted by atomic mass is 16.3. The Hall–Kier alpha value is -1.64. The van der Waals surface area contributed by atoms with Crippen molar-refractivity contribution in [3.05, 3.63) is 30.2 Å². The van der Waals surface area contributed by atoms with Gasteiger partial charge in [0.15, 0.2) is 12.0 Å². The zero-order chi connectivity index (χ0) is 8.39. The molecule has 0 fully saturated rings. The molecular weight excluding hydrogens is 154 g/mol. The molecule has 12 heavy (non-hydrogen) atoms. The van der Waals surface area contributed by atoms with Gasteiger partial charge in [-0.1, -0.05) is 6.07 Å². The lowest BCUT2D eigenvalue weighted by molar-refractivity contribution is -0.107. The molecule has 0 saturated carbocycles. The highest BCUT2D eigenvalue weighted by Gasteiger charge is 1.98. The molecule has 1 aromatic carbocycles. The van der Waals surface area contributed by atoms with E-state index in [-0.39, 0.29) is 0 Å². The van der Waals surface area contributed by atoms with Crippen LogP contribution in [0.2, 0.25) is 0 Å². The largest absolute Gasteiger partial charge is 0.443 e. The van der Waals surface area contributed by atoms with Crippen molar-refractivity contribution in [3.8, 4) is 0 Å². The molecule has 0 aliphatic carbocycles. The highest BCUT2D eigenvalue weighted by molar-refractivity contribution is 5.73. The van der Waals surface area contributed by atoms with E-state index >= 15 is 0 Å². The molecule has 2 rings (SSSR count). The lowest BCUT2D eigenvalue weighted by Gasteiger charge is -1.92. The number of carbonyl (C=O) groups is 1. The summed E-state index contributed by atoms with van der Waals surface area (Å²) in [5.41, 5.74) is 2.52. The summed E-state index contributed by atoms with van der Waals surface area (Å²) in [6.07, 6.45) is 2.71. The van der Waals surface area contributed by atoms with Crippen LogP contribution in [-0.4, -0.2) is 11.3 Å². The minimum atomic E-state index is 0.433. The van der Waals surface area contributed by atoms with Crippen molar-refractivity contribution in [2.45, 2.75) is 6.42 Å². The molecule has 60 valence electrons. The number of aldehydes is 1. The number of carbonyl (C=O) groups excluding carboxylic acids is 1. The van der Waals surface area contributed by atoms with E-state index in [0.717, 1.165) is 22.9 Å². The fourth-order valence-electron chi connectivity index (χ4n) is 1.13. The number of rotatable bonds is 2. The third kappa shape index (κ3) is 1.09. The van der Waals surface area contributed by atoms with Gasteiger partial charge in [0, 0.05) is 6.42 Å². The molecule has 0 radical (unpaired) electrons. The Balaban J connectivity index is 2.52. The smallest absolute Gasteiger partial charge is 0.181 e. The van der Waals surface area contributed by atoms with E-state index in [1.165, 1.54) is 6.39 Å². The molecule has 0 amide bonds. The van der Waals surface area contributed by atoms with Gasteiger partial charge < -0.3 is 9.21 Å². The van der Waals surface area contributed by atoms with Crippen molar-refractivity contribution in [3.63, 3.8) is 0 Å². The van der Waals surface area contributed by atoms with Crippen molar-refractivity contribution >= 4 is 17.4 Å². The average molecular weight is 161 g/mol. The monoisotopic (exact) mass is 161 g/mol. The maximum Gasteiger partial charge on any atom is 0.181 e. The lowest BCUT2D eigenvalue weighted by atomic mass is 10.1. The molecule has 3 heteroatoms. The van der Waals surface area contributed by atoms with Gasteiger partial charge in [-0.05, 0) is 17.7 Å². The van der Waals surface area contributed by atoms with E-state index in [1.807, 2.05) is 18.2 Å². The van der Waals surface area contributed by atoms with Crippen molar-refractivity contribution < 1.29 is 9.21 Å². The summed E-state index contributed by atoms with van der Waals surface area (Å²) in [5, 5.41) is 0. The van der Waals surface area contributed by atoms with Crippen LogP contribution in [0.3, 0.4) is 0 Å². The van der Waals surface area contributed by atoms with Gasteiger partial charge in [0.2, 0.25) is 0 Å². The Morgan fingerprint density at radius 1 is 1.50 bits per heavy atom. The van der Waals surface area contributed by atoms with Gasteiger partial charge in [0.1, 0.15) is 11.8 Å². The Kier molecular flexibility index (Phi) is 1.63. The zero-order valence-corrected chi connectivity index (χ0v) is 6.36. The Morgan fingerprint density at radius 3 is 3.25 bits per heavy atom. The Labute approximate surface area is 69.0 Å². The van der Waals surface area contributed by atoms with E-state index in [1.54, 1.807) is 0 Å². The summed E-state index contributed by atoms with van der Waals surface area (Å²) in [7, 11) is 0. The first-order valence-electron chi connectivity index (χ1n) is 3.66. The summed E-state index contributed by atoms with van der Waals surface area (Å²) in [6, 6.07) is 5.54. The molecular formula is C9H7NO2. The second-order valence-electron chi connectivity index (χ2n) is 2.53. The Morgan fingerprint density at radius 2 is 2.42 bits per heavy atom. The van der Waals surface area contributed by atoms with Crippen LogP contribution >= 0.6 is 0 Å². The van der Waals surface area contributed by atoms with Crippen molar-refractivity contribution in [2.75, 3.05) is 0 Å². The second kappa shape index (κ2) is 2.77. The predicted octanol–water partition coefficient (Wildman–Crippen LogP) is 1.57. The number of benzene rings is 1. The summed E-state index contributed by atoms with van der Waals surface area (Å²) in [6.45, 7) is 0. The van der Waals surface area contributed by atoms with E-state index in [9.17, 15) is 4.79 Å². The van der Waals surface area contributed by atoms with Crippen LogP contribution < -0.4 is 0 Å². The SMILES string of the molecule is O=CCc1ccc2ocnc2c1. The maximum absolute atomic E-state index is 10.2. The summed E-state index contributed by atoms with van der Waals surface area (Å²) < 4.78 is 5.05. The first kappa shape index (κ1) is 7.03. The third-order valence-electron chi connectivity index (χ3n) is 1.71. The van der Waals surface area contributed by atoms with Gasteiger partial charge >= 0.3 is 0 Å². The number of nitrogens with zero attached hydrogens (tertiary/aromatic N) is 1. The standard InChI is InChI=1S/C9H7NO2/c11-4-3-7-1-2-9-8(5-7)10-6-12-9/h1-2,4-6H,3H2. The van der Waals surface area contributed by atoms with E-state index < -0.39 is 0 Å². The van der Waals surface area contributed by atoms with Crippen LogP contribution in [0, 0.1) is 0 Å². The minimum Gasteiger partial charge on any atom is -0.443 e. The molecule has 0 aliphatic rings. The van der Waals surface area contributed by atoms with Crippen LogP contribution in [0.25, 0.3) is 11.1 Å². The van der Waals surface area contributed by atoms with Crippen molar-refractivity contribution in [1.82, 2.24) is 4.98 Å². The molecule has 0 aliphatic heterocycles. The van der Waals surface area contributed by atoms with E-state index in [2.05, 4.69) is 4.98 Å². The van der Waals surface area contributed by atoms with Gasteiger partial charge in [-0.25, -0.2) is 4.98 Å². The number of oxazole rings is 1. The van der Waals surface area contributed by atoms with Gasteiger partial charge in [0.05, 0.1) is 0 Å². The number of fused-ring (bicyclic) bond motifs is 1. The maximum atomic E-state index is 10.2. The van der Waals surface area contributed by atoms with Gasteiger partial charge in [-0.15, -0.1) is 0 Å². The molecule has 0 bridgehead atoms. The molecule has 1 aromatic heterocycles. The molecule has 1 heterocycles. The fourth-order valence-corrected chi connectivity index (χ4v) is 1.13. The summed E-state index contributed by atoms with van der Waals surface area (Å²) in [5.74, 6) is 0. The molecule has 0 unspecified atom stereocenters. The predicted molar refractivity (Wildman–Crippen MR) is 43.8 cm³/mol. The van der Waals surface area contributed by atoms with Crippen LogP contribution in [0.5, 0.6) is 0 Å². The van der Waals surface area contributed by atoms with Gasteiger partial charge in [0.25, 0.3) is 0 Å². The zero-order valence-electron chi connectivity index (χ0n) is 6.36. The normalized spacial score (nSPS) is 10.3. The Bertz CT molecular complexity index is 406. The topological polar surface area (TPSA) is 43.1 Å². The number of hydrogen-bond acceptors (Lipinski definition) is 3. The number of hydrogen-bond donors (Lipinski definition) is 0. The molecule has 0 spiro atoms. The van der Waals surface area contributed by atoms with Gasteiger partial charge in [-0.3, -0.25) is 0 Å². The minimum absolute atomic E-state index is 0.433. The van der Waals surface area contributed by atoms with Crippen LogP contribution in [0.1, 0.15) is 5.56 Å². The van der Waals surface area contributed by atoms with Crippen molar-refractivity contribution in [1.29, 1.82) is 0 Å².